The Morgan fingerprint density at radius 3 is 2.44 bits per heavy atom. The predicted molar refractivity (Wildman–Crippen MR) is 98.2 cm³/mol. The van der Waals surface area contributed by atoms with Crippen molar-refractivity contribution in [3.8, 4) is 5.69 Å². The van der Waals surface area contributed by atoms with Crippen LogP contribution in [0.4, 0.5) is 0 Å². The molecule has 0 fully saturated rings. The number of halogens is 1. The lowest BCUT2D eigenvalue weighted by Gasteiger charge is -2.10. The monoisotopic (exact) mass is 373 g/mol. The van der Waals surface area contributed by atoms with Gasteiger partial charge in [-0.2, -0.15) is 4.68 Å². The summed E-state index contributed by atoms with van der Waals surface area (Å²) < 4.78 is 1.67. The van der Waals surface area contributed by atoms with Gasteiger partial charge in [0.1, 0.15) is 0 Å². The lowest BCUT2D eigenvalue weighted by Crippen LogP contribution is -2.21. The molecule has 0 atom stereocenters. The molecule has 3 aromatic rings. The third-order valence-corrected chi connectivity index (χ3v) is 4.73. The maximum Gasteiger partial charge on any atom is 0.253 e. The molecule has 6 nitrogen and oxygen atoms in total. The van der Waals surface area contributed by atoms with E-state index in [4.69, 9.17) is 11.6 Å². The molecule has 128 valence electrons. The van der Waals surface area contributed by atoms with Crippen LogP contribution in [0.15, 0.2) is 53.7 Å². The maximum atomic E-state index is 11.9. The van der Waals surface area contributed by atoms with E-state index in [1.807, 2.05) is 36.4 Å². The molecular formula is C17H16ClN5OS. The van der Waals surface area contributed by atoms with Gasteiger partial charge in [-0.15, -0.1) is 5.10 Å². The second kappa shape index (κ2) is 7.67. The van der Waals surface area contributed by atoms with Gasteiger partial charge in [-0.3, -0.25) is 4.79 Å². The van der Waals surface area contributed by atoms with Gasteiger partial charge in [0.2, 0.25) is 5.16 Å². The highest BCUT2D eigenvalue weighted by Crippen LogP contribution is 2.23. The Hall–Kier alpha value is -2.38. The van der Waals surface area contributed by atoms with E-state index < -0.39 is 0 Å². The number of thioether (sulfide) groups is 1. The number of aromatic nitrogens is 4. The van der Waals surface area contributed by atoms with Gasteiger partial charge in [0.25, 0.3) is 5.91 Å². The second-order valence-corrected chi connectivity index (χ2v) is 6.91. The van der Waals surface area contributed by atoms with Crippen molar-refractivity contribution in [3.63, 3.8) is 0 Å². The third-order valence-electron chi connectivity index (χ3n) is 3.49. The fourth-order valence-electron chi connectivity index (χ4n) is 2.16. The van der Waals surface area contributed by atoms with Crippen LogP contribution in [-0.4, -0.2) is 45.1 Å². The quantitative estimate of drug-likeness (QED) is 0.642. The van der Waals surface area contributed by atoms with Gasteiger partial charge in [0.05, 0.1) is 5.69 Å². The molecule has 2 aromatic carbocycles. The van der Waals surface area contributed by atoms with Crippen LogP contribution in [0.1, 0.15) is 15.9 Å². The minimum Gasteiger partial charge on any atom is -0.345 e. The van der Waals surface area contributed by atoms with Gasteiger partial charge in [-0.1, -0.05) is 35.5 Å². The van der Waals surface area contributed by atoms with E-state index in [9.17, 15) is 4.79 Å². The van der Waals surface area contributed by atoms with Gasteiger partial charge < -0.3 is 4.90 Å². The standard InChI is InChI=1S/C17H16ClN5OS/c1-22(2)16(24)13-5-3-12(4-6-13)11-25-17-19-20-21-23(17)15-9-7-14(18)8-10-15/h3-10H,11H2,1-2H3. The zero-order valence-corrected chi connectivity index (χ0v) is 15.3. The van der Waals surface area contributed by atoms with E-state index in [0.29, 0.717) is 21.5 Å². The summed E-state index contributed by atoms with van der Waals surface area (Å²) in [6.45, 7) is 0. The smallest absolute Gasteiger partial charge is 0.253 e. The summed E-state index contributed by atoms with van der Waals surface area (Å²) in [5.41, 5.74) is 2.61. The number of benzene rings is 2. The van der Waals surface area contributed by atoms with Crippen LogP contribution in [-0.2, 0) is 5.75 Å². The van der Waals surface area contributed by atoms with Crippen molar-refractivity contribution in [2.75, 3.05) is 14.1 Å². The molecule has 1 amide bonds. The number of hydrogen-bond acceptors (Lipinski definition) is 5. The van der Waals surface area contributed by atoms with Crippen LogP contribution in [0.5, 0.6) is 0 Å². The average Bonchev–Trinajstić information content (AvgIpc) is 3.09. The molecule has 0 N–H and O–H groups in total. The molecule has 0 bridgehead atoms. The molecule has 0 radical (unpaired) electrons. The largest absolute Gasteiger partial charge is 0.345 e. The highest BCUT2D eigenvalue weighted by Gasteiger charge is 2.10. The van der Waals surface area contributed by atoms with Crippen molar-refractivity contribution < 1.29 is 4.79 Å². The van der Waals surface area contributed by atoms with Gasteiger partial charge in [0, 0.05) is 30.4 Å². The van der Waals surface area contributed by atoms with Crippen LogP contribution < -0.4 is 0 Å². The second-order valence-electron chi connectivity index (χ2n) is 5.53. The molecule has 0 aliphatic heterocycles. The van der Waals surface area contributed by atoms with Crippen LogP contribution in [0.2, 0.25) is 5.02 Å². The van der Waals surface area contributed by atoms with E-state index in [0.717, 1.165) is 11.3 Å². The van der Waals surface area contributed by atoms with Gasteiger partial charge >= 0.3 is 0 Å². The number of tetrazole rings is 1. The maximum absolute atomic E-state index is 11.9. The molecule has 0 saturated carbocycles. The van der Waals surface area contributed by atoms with E-state index in [-0.39, 0.29) is 5.91 Å². The molecule has 0 aliphatic carbocycles. The van der Waals surface area contributed by atoms with Crippen molar-refractivity contribution in [1.82, 2.24) is 25.1 Å². The number of hydrogen-bond donors (Lipinski definition) is 0. The minimum atomic E-state index is -0.00844. The molecule has 8 heteroatoms. The zero-order valence-electron chi connectivity index (χ0n) is 13.8. The lowest BCUT2D eigenvalue weighted by atomic mass is 10.1. The molecule has 1 aromatic heterocycles. The molecule has 0 aliphatic rings. The highest BCUT2D eigenvalue weighted by molar-refractivity contribution is 7.98. The summed E-state index contributed by atoms with van der Waals surface area (Å²) in [7, 11) is 3.48. The Labute approximate surface area is 154 Å². The Balaban J connectivity index is 1.69. The molecule has 3 rings (SSSR count). The zero-order chi connectivity index (χ0) is 17.8. The number of carbonyl (C=O) groups excluding carboxylic acids is 1. The fraction of sp³-hybridized carbons (Fsp3) is 0.176. The highest BCUT2D eigenvalue weighted by atomic mass is 35.5. The first-order valence-corrected chi connectivity index (χ1v) is 8.88. The number of carbonyl (C=O) groups is 1. The SMILES string of the molecule is CN(C)C(=O)c1ccc(CSc2nnnn2-c2ccc(Cl)cc2)cc1. The van der Waals surface area contributed by atoms with Crippen molar-refractivity contribution in [1.29, 1.82) is 0 Å². The predicted octanol–water partition coefficient (Wildman–Crippen LogP) is 3.31. The fourth-order valence-corrected chi connectivity index (χ4v) is 3.14. The van der Waals surface area contributed by atoms with Crippen LogP contribution in [0.3, 0.4) is 0 Å². The summed E-state index contributed by atoms with van der Waals surface area (Å²) in [5.74, 6) is 0.690. The van der Waals surface area contributed by atoms with Crippen LogP contribution in [0, 0.1) is 0 Å². The van der Waals surface area contributed by atoms with E-state index >= 15 is 0 Å². The van der Waals surface area contributed by atoms with E-state index in [2.05, 4.69) is 15.5 Å². The van der Waals surface area contributed by atoms with E-state index in [1.54, 1.807) is 35.8 Å². The Kier molecular flexibility index (Phi) is 5.35. The molecule has 0 unspecified atom stereocenters. The molecule has 0 saturated heterocycles. The first-order valence-electron chi connectivity index (χ1n) is 7.52. The van der Waals surface area contributed by atoms with Crippen molar-refractivity contribution >= 4 is 29.3 Å². The van der Waals surface area contributed by atoms with Gasteiger partial charge in [-0.05, 0) is 52.4 Å². The number of nitrogens with zero attached hydrogens (tertiary/aromatic N) is 5. The Bertz CT molecular complexity index is 862. The molecule has 0 spiro atoms. The molecule has 25 heavy (non-hydrogen) atoms. The summed E-state index contributed by atoms with van der Waals surface area (Å²) in [4.78, 5) is 13.5. The number of amides is 1. The summed E-state index contributed by atoms with van der Waals surface area (Å²) in [6, 6.07) is 14.9. The van der Waals surface area contributed by atoms with Crippen LogP contribution in [0.25, 0.3) is 5.69 Å². The summed E-state index contributed by atoms with van der Waals surface area (Å²) in [6.07, 6.45) is 0. The minimum absolute atomic E-state index is 0.00844. The summed E-state index contributed by atoms with van der Waals surface area (Å²) >= 11 is 7.44. The number of rotatable bonds is 5. The van der Waals surface area contributed by atoms with Crippen molar-refractivity contribution in [2.24, 2.45) is 0 Å². The molecular weight excluding hydrogens is 358 g/mol. The van der Waals surface area contributed by atoms with E-state index in [1.165, 1.54) is 11.8 Å². The van der Waals surface area contributed by atoms with Crippen LogP contribution >= 0.6 is 23.4 Å². The third kappa shape index (κ3) is 4.18. The van der Waals surface area contributed by atoms with Gasteiger partial charge in [-0.25, -0.2) is 0 Å². The Morgan fingerprint density at radius 2 is 1.80 bits per heavy atom. The topological polar surface area (TPSA) is 63.9 Å². The molecule has 1 heterocycles. The first-order chi connectivity index (χ1) is 12.0. The average molecular weight is 374 g/mol. The normalized spacial score (nSPS) is 10.7. The lowest BCUT2D eigenvalue weighted by molar-refractivity contribution is 0.0827. The Morgan fingerprint density at radius 1 is 1.12 bits per heavy atom. The van der Waals surface area contributed by atoms with Gasteiger partial charge in [0.15, 0.2) is 0 Å². The summed E-state index contributed by atoms with van der Waals surface area (Å²) in [5, 5.41) is 13.2. The van der Waals surface area contributed by atoms with Crippen molar-refractivity contribution in [3.05, 3.63) is 64.7 Å². The van der Waals surface area contributed by atoms with Crippen molar-refractivity contribution in [2.45, 2.75) is 10.9 Å². The first kappa shape index (κ1) is 17.4.